The molecule has 0 aromatic heterocycles. The van der Waals surface area contributed by atoms with E-state index in [0.717, 1.165) is 26.2 Å². The molecule has 0 aromatic rings. The van der Waals surface area contributed by atoms with Crippen LogP contribution >= 0.6 is 12.4 Å². The lowest BCUT2D eigenvalue weighted by Crippen LogP contribution is -2.24. The summed E-state index contributed by atoms with van der Waals surface area (Å²) in [5.74, 6) is 0. The van der Waals surface area contributed by atoms with Crippen LogP contribution < -0.4 is 10.6 Å². The second kappa shape index (κ2) is 16.2. The lowest BCUT2D eigenvalue weighted by atomic mass is 10.3. The minimum atomic E-state index is 0. The molecule has 4 nitrogen and oxygen atoms in total. The molecule has 0 fully saturated rings. The fourth-order valence-corrected chi connectivity index (χ4v) is 1.79. The van der Waals surface area contributed by atoms with Crippen molar-refractivity contribution in [1.82, 2.24) is 20.4 Å². The van der Waals surface area contributed by atoms with E-state index < -0.39 is 0 Å². The summed E-state index contributed by atoms with van der Waals surface area (Å²) in [7, 11) is 8.51. The van der Waals surface area contributed by atoms with Crippen molar-refractivity contribution >= 4 is 12.4 Å². The number of nitrogens with one attached hydrogen (secondary N) is 2. The molecule has 0 saturated heterocycles. The van der Waals surface area contributed by atoms with Crippen LogP contribution in [0.25, 0.3) is 0 Å². The third-order valence-electron chi connectivity index (χ3n) is 2.87. The van der Waals surface area contributed by atoms with Crippen LogP contribution in [-0.4, -0.2) is 77.3 Å². The summed E-state index contributed by atoms with van der Waals surface area (Å²) in [6.45, 7) is 6.98. The number of nitrogens with zero attached hydrogens (tertiary/aromatic N) is 2. The second-order valence-electron chi connectivity index (χ2n) is 5.52. The van der Waals surface area contributed by atoms with Crippen molar-refractivity contribution in [3.05, 3.63) is 0 Å². The molecule has 0 radical (unpaired) electrons. The topological polar surface area (TPSA) is 30.5 Å². The summed E-state index contributed by atoms with van der Waals surface area (Å²) >= 11 is 0. The summed E-state index contributed by atoms with van der Waals surface area (Å²) in [6, 6.07) is 0. The molecule has 0 atom stereocenters. The molecule has 0 unspecified atom stereocenters. The number of rotatable bonds is 13. The highest BCUT2D eigenvalue weighted by molar-refractivity contribution is 5.85. The van der Waals surface area contributed by atoms with Crippen LogP contribution in [0, 0.1) is 0 Å². The van der Waals surface area contributed by atoms with Gasteiger partial charge < -0.3 is 20.4 Å². The molecule has 118 valence electrons. The molecule has 0 saturated carbocycles. The SMILES string of the molecule is CN(C)CCCNCCCCNCCCN(C)C.Cl. The average molecular weight is 295 g/mol. The molecule has 0 rings (SSSR count). The largest absolute Gasteiger partial charge is 0.317 e. The van der Waals surface area contributed by atoms with Gasteiger partial charge in [-0.05, 0) is 93.1 Å². The van der Waals surface area contributed by atoms with E-state index in [9.17, 15) is 0 Å². The van der Waals surface area contributed by atoms with Gasteiger partial charge in [-0.25, -0.2) is 0 Å². The van der Waals surface area contributed by atoms with E-state index in [2.05, 4.69) is 48.6 Å². The third kappa shape index (κ3) is 20.6. The smallest absolute Gasteiger partial charge is 0.00127 e. The van der Waals surface area contributed by atoms with Crippen LogP contribution in [0.4, 0.5) is 0 Å². The van der Waals surface area contributed by atoms with Crippen LogP contribution in [0.3, 0.4) is 0 Å². The lowest BCUT2D eigenvalue weighted by Gasteiger charge is -2.10. The van der Waals surface area contributed by atoms with Gasteiger partial charge in [0.25, 0.3) is 0 Å². The number of hydrogen-bond acceptors (Lipinski definition) is 4. The molecule has 0 aromatic carbocycles. The van der Waals surface area contributed by atoms with E-state index in [4.69, 9.17) is 0 Å². The molecular formula is C14H35ClN4. The minimum absolute atomic E-state index is 0. The van der Waals surface area contributed by atoms with E-state index in [1.807, 2.05) is 0 Å². The third-order valence-corrected chi connectivity index (χ3v) is 2.87. The molecule has 19 heavy (non-hydrogen) atoms. The van der Waals surface area contributed by atoms with Crippen LogP contribution in [0.1, 0.15) is 25.7 Å². The van der Waals surface area contributed by atoms with Crippen molar-refractivity contribution in [3.8, 4) is 0 Å². The lowest BCUT2D eigenvalue weighted by molar-refractivity contribution is 0.391. The first kappa shape index (κ1) is 21.4. The maximum absolute atomic E-state index is 3.50. The predicted octanol–water partition coefficient (Wildman–Crippen LogP) is 1.27. The van der Waals surface area contributed by atoms with E-state index in [1.54, 1.807) is 0 Å². The van der Waals surface area contributed by atoms with Crippen molar-refractivity contribution in [2.45, 2.75) is 25.7 Å². The molecule has 5 heteroatoms. The summed E-state index contributed by atoms with van der Waals surface area (Å²) in [5, 5.41) is 6.99. The van der Waals surface area contributed by atoms with E-state index in [-0.39, 0.29) is 12.4 Å². The van der Waals surface area contributed by atoms with Gasteiger partial charge >= 0.3 is 0 Å². The van der Waals surface area contributed by atoms with Gasteiger partial charge in [0.1, 0.15) is 0 Å². The van der Waals surface area contributed by atoms with Gasteiger partial charge in [0.05, 0.1) is 0 Å². The zero-order chi connectivity index (χ0) is 13.6. The molecule has 0 aliphatic carbocycles. The Balaban J connectivity index is 0. The van der Waals surface area contributed by atoms with Crippen molar-refractivity contribution in [2.24, 2.45) is 0 Å². The van der Waals surface area contributed by atoms with Crippen molar-refractivity contribution in [2.75, 3.05) is 67.5 Å². The first-order chi connectivity index (χ1) is 8.63. The normalized spacial score (nSPS) is 11.1. The van der Waals surface area contributed by atoms with E-state index in [0.29, 0.717) is 0 Å². The van der Waals surface area contributed by atoms with Gasteiger partial charge in [0.2, 0.25) is 0 Å². The highest BCUT2D eigenvalue weighted by atomic mass is 35.5. The molecule has 0 spiro atoms. The van der Waals surface area contributed by atoms with Gasteiger partial charge in [-0.2, -0.15) is 0 Å². The molecule has 0 heterocycles. The molecule has 2 N–H and O–H groups in total. The molecule has 0 amide bonds. The predicted molar refractivity (Wildman–Crippen MR) is 88.6 cm³/mol. The van der Waals surface area contributed by atoms with Gasteiger partial charge in [0.15, 0.2) is 0 Å². The van der Waals surface area contributed by atoms with Crippen LogP contribution in [0.2, 0.25) is 0 Å². The fraction of sp³-hybridized carbons (Fsp3) is 1.00. The van der Waals surface area contributed by atoms with Gasteiger partial charge in [0, 0.05) is 0 Å². The van der Waals surface area contributed by atoms with Crippen LogP contribution in [-0.2, 0) is 0 Å². The van der Waals surface area contributed by atoms with Crippen molar-refractivity contribution < 1.29 is 0 Å². The Kier molecular flexibility index (Phi) is 18.3. The Labute approximate surface area is 126 Å². The van der Waals surface area contributed by atoms with Gasteiger partial charge in [-0.3, -0.25) is 0 Å². The number of unbranched alkanes of at least 4 members (excludes halogenated alkanes) is 1. The highest BCUT2D eigenvalue weighted by Gasteiger charge is 1.93. The Morgan fingerprint density at radius 1 is 0.579 bits per heavy atom. The Morgan fingerprint density at radius 3 is 1.21 bits per heavy atom. The summed E-state index contributed by atoms with van der Waals surface area (Å²) in [5.41, 5.74) is 0. The summed E-state index contributed by atoms with van der Waals surface area (Å²) in [6.07, 6.45) is 5.05. The Hall–Kier alpha value is 0.130. The average Bonchev–Trinajstić information content (AvgIpc) is 2.29. The quantitative estimate of drug-likeness (QED) is 0.501. The Morgan fingerprint density at radius 2 is 0.895 bits per heavy atom. The molecule has 0 aliphatic heterocycles. The summed E-state index contributed by atoms with van der Waals surface area (Å²) < 4.78 is 0. The maximum Gasteiger partial charge on any atom is -0.00127 e. The van der Waals surface area contributed by atoms with Crippen LogP contribution in [0.15, 0.2) is 0 Å². The second-order valence-corrected chi connectivity index (χ2v) is 5.52. The molecule has 0 aliphatic rings. The van der Waals surface area contributed by atoms with Crippen LogP contribution in [0.5, 0.6) is 0 Å². The van der Waals surface area contributed by atoms with E-state index >= 15 is 0 Å². The maximum atomic E-state index is 3.50. The molecule has 0 bridgehead atoms. The van der Waals surface area contributed by atoms with E-state index in [1.165, 1.54) is 38.8 Å². The number of hydrogen-bond donors (Lipinski definition) is 2. The first-order valence-corrected chi connectivity index (χ1v) is 7.34. The first-order valence-electron chi connectivity index (χ1n) is 7.34. The highest BCUT2D eigenvalue weighted by Crippen LogP contribution is 1.87. The van der Waals surface area contributed by atoms with Gasteiger partial charge in [-0.1, -0.05) is 0 Å². The Bertz CT molecular complexity index is 148. The minimum Gasteiger partial charge on any atom is -0.317 e. The summed E-state index contributed by atoms with van der Waals surface area (Å²) in [4.78, 5) is 4.47. The zero-order valence-corrected chi connectivity index (χ0v) is 14.2. The van der Waals surface area contributed by atoms with Crippen molar-refractivity contribution in [3.63, 3.8) is 0 Å². The van der Waals surface area contributed by atoms with Crippen molar-refractivity contribution in [1.29, 1.82) is 0 Å². The zero-order valence-electron chi connectivity index (χ0n) is 13.4. The standard InChI is InChI=1S/C14H34N4.ClH/c1-17(2)13-7-11-15-9-5-6-10-16-12-8-14-18(3)4;/h15-16H,5-14H2,1-4H3;1H. The number of halogens is 1. The van der Waals surface area contributed by atoms with Gasteiger partial charge in [-0.15, -0.1) is 12.4 Å². The monoisotopic (exact) mass is 294 g/mol. The molecular weight excluding hydrogens is 260 g/mol. The fourth-order valence-electron chi connectivity index (χ4n) is 1.79.